The number of benzene rings is 2. The van der Waals surface area contributed by atoms with Gasteiger partial charge in [0, 0.05) is 29.9 Å². The summed E-state index contributed by atoms with van der Waals surface area (Å²) in [5.74, 6) is 5.91. The molecule has 1 atom stereocenters. The van der Waals surface area contributed by atoms with Gasteiger partial charge in [-0.3, -0.25) is 5.32 Å². The van der Waals surface area contributed by atoms with E-state index in [1.165, 1.54) is 11.1 Å². The maximum atomic E-state index is 6.00. The number of guanidine groups is 1. The molecule has 0 spiro atoms. The van der Waals surface area contributed by atoms with E-state index in [1.54, 1.807) is 0 Å². The molecule has 0 aliphatic carbocycles. The van der Waals surface area contributed by atoms with Gasteiger partial charge in [0.05, 0.1) is 5.70 Å². The van der Waals surface area contributed by atoms with E-state index in [-0.39, 0.29) is 6.17 Å². The lowest BCUT2D eigenvalue weighted by molar-refractivity contribution is 0.572. The quantitative estimate of drug-likeness (QED) is 0.137. The Hall–Kier alpha value is -3.52. The van der Waals surface area contributed by atoms with Crippen molar-refractivity contribution in [1.82, 2.24) is 10.6 Å². The van der Waals surface area contributed by atoms with E-state index >= 15 is 0 Å². The monoisotopic (exact) mass is 392 g/mol. The molecule has 0 amide bonds. The van der Waals surface area contributed by atoms with Crippen LogP contribution in [0.1, 0.15) is 22.3 Å². The van der Waals surface area contributed by atoms with Gasteiger partial charge < -0.3 is 27.9 Å². The summed E-state index contributed by atoms with van der Waals surface area (Å²) in [6.45, 7) is 5.67. The Bertz CT molecular complexity index is 944. The number of hydrogen-bond acceptors (Lipinski definition) is 7. The molecule has 0 radical (unpaired) electrons. The summed E-state index contributed by atoms with van der Waals surface area (Å²) in [6.07, 6.45) is 1.97. The second-order valence-electron chi connectivity index (χ2n) is 6.89. The first-order chi connectivity index (χ1) is 14.0. The summed E-state index contributed by atoms with van der Waals surface area (Å²) < 4.78 is 0. The van der Waals surface area contributed by atoms with Crippen molar-refractivity contribution in [1.29, 1.82) is 0 Å². The van der Waals surface area contributed by atoms with Crippen molar-refractivity contribution in [3.05, 3.63) is 70.8 Å². The molecule has 1 unspecified atom stereocenters. The Morgan fingerprint density at radius 3 is 2.62 bits per heavy atom. The Kier molecular flexibility index (Phi) is 6.36. The van der Waals surface area contributed by atoms with Gasteiger partial charge in [0.1, 0.15) is 12.0 Å². The largest absolute Gasteiger partial charge is 0.384 e. The first-order valence-corrected chi connectivity index (χ1v) is 9.48. The van der Waals surface area contributed by atoms with Crippen LogP contribution in [-0.4, -0.2) is 31.1 Å². The first-order valence-electron chi connectivity index (χ1n) is 9.48. The lowest BCUT2D eigenvalue weighted by atomic mass is 10.00. The van der Waals surface area contributed by atoms with Crippen LogP contribution >= 0.6 is 0 Å². The topological polar surface area (TPSA) is 139 Å². The van der Waals surface area contributed by atoms with Gasteiger partial charge >= 0.3 is 0 Å². The average molecular weight is 393 g/mol. The highest BCUT2D eigenvalue weighted by Gasteiger charge is 2.16. The minimum Gasteiger partial charge on any atom is -0.384 e. The number of nitrogens with two attached hydrogens (primary N) is 3. The third kappa shape index (κ3) is 5.05. The molecule has 29 heavy (non-hydrogen) atoms. The molecule has 0 bridgehead atoms. The summed E-state index contributed by atoms with van der Waals surface area (Å²) in [6, 6.07) is 13.8. The van der Waals surface area contributed by atoms with Crippen molar-refractivity contribution in [3.8, 4) is 0 Å². The highest BCUT2D eigenvalue weighted by molar-refractivity contribution is 5.97. The van der Waals surface area contributed by atoms with Crippen LogP contribution in [0.3, 0.4) is 0 Å². The number of rotatable bonds is 7. The van der Waals surface area contributed by atoms with Gasteiger partial charge in [0.2, 0.25) is 0 Å². The van der Waals surface area contributed by atoms with Crippen LogP contribution in [0.2, 0.25) is 0 Å². The number of nitrogens with one attached hydrogen (secondary N) is 3. The predicted molar refractivity (Wildman–Crippen MR) is 120 cm³/mol. The normalized spacial score (nSPS) is 16.6. The molecule has 2 aromatic carbocycles. The summed E-state index contributed by atoms with van der Waals surface area (Å²) in [5, 5.41) is 13.4. The number of hydrogen-bond donors (Lipinski definition) is 6. The van der Waals surface area contributed by atoms with E-state index in [2.05, 4.69) is 58.1 Å². The molecular weight excluding hydrogens is 364 g/mol. The average Bonchev–Trinajstić information content (AvgIpc) is 2.72. The number of anilines is 1. The summed E-state index contributed by atoms with van der Waals surface area (Å²) in [4.78, 5) is 4.47. The van der Waals surface area contributed by atoms with Crippen LogP contribution in [0.5, 0.6) is 0 Å². The Balaban J connectivity index is 1.56. The van der Waals surface area contributed by atoms with E-state index in [4.69, 9.17) is 17.3 Å². The first kappa shape index (κ1) is 20.2. The maximum absolute atomic E-state index is 6.00. The number of aliphatic imine (C=N–C) groups is 1. The van der Waals surface area contributed by atoms with Crippen LogP contribution in [0.4, 0.5) is 5.69 Å². The van der Waals surface area contributed by atoms with Crippen molar-refractivity contribution in [3.63, 3.8) is 0 Å². The molecule has 0 aromatic heterocycles. The second-order valence-corrected chi connectivity index (χ2v) is 6.89. The van der Waals surface area contributed by atoms with Crippen LogP contribution in [0.15, 0.2) is 58.6 Å². The standard InChI is InChI=1S/C21H28N8/c1-13-4-3-5-17(14(13)2)18-12-19(28-21(23)27-18)26-11-10-25-16-8-6-15(7-9-16)20(22)29-24/h3-9,12,19,25-26H,10-11,24H2,1-2H3,(H2,22,29)(H3,23,27,28). The molecule has 1 aliphatic rings. The Labute approximate surface area is 171 Å². The van der Waals surface area contributed by atoms with Crippen molar-refractivity contribution in [2.45, 2.75) is 20.0 Å². The van der Waals surface area contributed by atoms with Crippen molar-refractivity contribution < 1.29 is 0 Å². The van der Waals surface area contributed by atoms with Gasteiger partial charge in [-0.25, -0.2) is 4.99 Å². The Morgan fingerprint density at radius 1 is 1.14 bits per heavy atom. The molecule has 0 saturated carbocycles. The lowest BCUT2D eigenvalue weighted by Crippen LogP contribution is -2.50. The number of hydrazone groups is 1. The Morgan fingerprint density at radius 2 is 1.90 bits per heavy atom. The molecular formula is C21H28N8. The van der Waals surface area contributed by atoms with E-state index in [0.29, 0.717) is 11.8 Å². The molecule has 1 heterocycles. The summed E-state index contributed by atoms with van der Waals surface area (Å²) in [7, 11) is 0. The fraction of sp³-hybridized carbons (Fsp3) is 0.238. The maximum Gasteiger partial charge on any atom is 0.195 e. The van der Waals surface area contributed by atoms with E-state index in [1.807, 2.05) is 30.3 Å². The van der Waals surface area contributed by atoms with Crippen LogP contribution < -0.4 is 33.3 Å². The van der Waals surface area contributed by atoms with Crippen molar-refractivity contribution >= 4 is 23.2 Å². The lowest BCUT2D eigenvalue weighted by Gasteiger charge is -2.23. The van der Waals surface area contributed by atoms with Gasteiger partial charge in [-0.2, -0.15) is 5.10 Å². The van der Waals surface area contributed by atoms with Crippen molar-refractivity contribution in [2.75, 3.05) is 18.4 Å². The van der Waals surface area contributed by atoms with E-state index in [9.17, 15) is 0 Å². The highest BCUT2D eigenvalue weighted by Crippen LogP contribution is 2.24. The zero-order valence-corrected chi connectivity index (χ0v) is 16.7. The number of aryl methyl sites for hydroxylation is 1. The fourth-order valence-electron chi connectivity index (χ4n) is 3.11. The molecule has 0 fully saturated rings. The van der Waals surface area contributed by atoms with E-state index in [0.717, 1.165) is 35.6 Å². The third-order valence-corrected chi connectivity index (χ3v) is 4.89. The smallest absolute Gasteiger partial charge is 0.195 e. The van der Waals surface area contributed by atoms with E-state index < -0.39 is 0 Å². The van der Waals surface area contributed by atoms with Gasteiger partial charge in [0.15, 0.2) is 5.96 Å². The van der Waals surface area contributed by atoms with Crippen molar-refractivity contribution in [2.24, 2.45) is 27.4 Å². The molecule has 152 valence electrons. The van der Waals surface area contributed by atoms with Gasteiger partial charge in [-0.15, -0.1) is 0 Å². The minimum absolute atomic E-state index is 0.0906. The molecule has 9 N–H and O–H groups in total. The van der Waals surface area contributed by atoms with Crippen LogP contribution in [0, 0.1) is 13.8 Å². The summed E-state index contributed by atoms with van der Waals surface area (Å²) in [5.41, 5.74) is 17.9. The molecule has 1 aliphatic heterocycles. The molecule has 3 rings (SSSR count). The summed E-state index contributed by atoms with van der Waals surface area (Å²) >= 11 is 0. The SMILES string of the molecule is Cc1cccc(C2=CC(NCCNc3ccc(/C(N)=N/N)cc3)NC(N)=N2)c1C. The molecule has 2 aromatic rings. The van der Waals surface area contributed by atoms with Crippen LogP contribution in [-0.2, 0) is 0 Å². The number of nitrogens with zero attached hydrogens (tertiary/aromatic N) is 2. The molecule has 0 saturated heterocycles. The number of amidine groups is 1. The van der Waals surface area contributed by atoms with Crippen LogP contribution in [0.25, 0.3) is 5.70 Å². The zero-order chi connectivity index (χ0) is 20.8. The predicted octanol–water partition coefficient (Wildman–Crippen LogP) is 1.17. The van der Waals surface area contributed by atoms with Gasteiger partial charge in [-0.05, 0) is 55.3 Å². The molecule has 8 nitrogen and oxygen atoms in total. The van der Waals surface area contributed by atoms with Gasteiger partial charge in [0.25, 0.3) is 0 Å². The second kappa shape index (κ2) is 9.11. The minimum atomic E-state index is -0.0906. The zero-order valence-electron chi connectivity index (χ0n) is 16.7. The molecule has 8 heteroatoms. The third-order valence-electron chi connectivity index (χ3n) is 4.89. The van der Waals surface area contributed by atoms with Gasteiger partial charge in [-0.1, -0.05) is 18.2 Å². The fourth-order valence-corrected chi connectivity index (χ4v) is 3.11. The highest BCUT2D eigenvalue weighted by atomic mass is 15.2.